The van der Waals surface area contributed by atoms with Crippen LogP contribution in [0.4, 0.5) is 5.69 Å². The molecule has 0 spiro atoms. The van der Waals surface area contributed by atoms with Gasteiger partial charge in [-0.3, -0.25) is 14.5 Å². The molecule has 0 bridgehead atoms. The second-order valence-corrected chi connectivity index (χ2v) is 9.05. The molecule has 32 heavy (non-hydrogen) atoms. The van der Waals surface area contributed by atoms with Crippen LogP contribution in [0.5, 0.6) is 0 Å². The Morgan fingerprint density at radius 2 is 1.69 bits per heavy atom. The van der Waals surface area contributed by atoms with Crippen molar-refractivity contribution < 1.29 is 14.3 Å². The van der Waals surface area contributed by atoms with E-state index in [9.17, 15) is 9.59 Å². The van der Waals surface area contributed by atoms with Crippen LogP contribution in [0.1, 0.15) is 28.8 Å². The van der Waals surface area contributed by atoms with Crippen molar-refractivity contribution in [1.29, 1.82) is 0 Å². The first kappa shape index (κ1) is 23.1. The molecule has 2 aromatic carbocycles. The number of hydrogen-bond donors (Lipinski definition) is 1. The van der Waals surface area contributed by atoms with Gasteiger partial charge >= 0.3 is 0 Å². The number of ether oxygens (including phenoxy) is 1. The summed E-state index contributed by atoms with van der Waals surface area (Å²) in [5.41, 5.74) is 2.21. The molecule has 170 valence electrons. The summed E-state index contributed by atoms with van der Waals surface area (Å²) < 4.78 is 5.34. The number of nitrogens with zero attached hydrogens (tertiary/aromatic N) is 2. The molecule has 2 aliphatic rings. The van der Waals surface area contributed by atoms with Gasteiger partial charge in [-0.2, -0.15) is 0 Å². The van der Waals surface area contributed by atoms with Crippen LogP contribution >= 0.6 is 23.2 Å². The van der Waals surface area contributed by atoms with E-state index in [1.165, 1.54) is 0 Å². The summed E-state index contributed by atoms with van der Waals surface area (Å²) in [6, 6.07) is 12.9. The third-order valence-electron chi connectivity index (χ3n) is 6.06. The topological polar surface area (TPSA) is 61.9 Å². The molecule has 0 atom stereocenters. The van der Waals surface area contributed by atoms with Crippen molar-refractivity contribution in [1.82, 2.24) is 9.80 Å². The van der Waals surface area contributed by atoms with E-state index >= 15 is 0 Å². The zero-order valence-corrected chi connectivity index (χ0v) is 19.4. The SMILES string of the molecule is O=C(Nc1ccccc1C(=O)N1CCOCC1)C1CCN(Cc2ccc(Cl)c(Cl)c2)CC1. The number of benzene rings is 2. The van der Waals surface area contributed by atoms with Gasteiger partial charge in [0.25, 0.3) is 5.91 Å². The lowest BCUT2D eigenvalue weighted by Crippen LogP contribution is -2.41. The summed E-state index contributed by atoms with van der Waals surface area (Å²) in [4.78, 5) is 30.0. The largest absolute Gasteiger partial charge is 0.378 e. The van der Waals surface area contributed by atoms with Crippen LogP contribution in [0, 0.1) is 5.92 Å². The van der Waals surface area contributed by atoms with Crippen LogP contribution in [0.25, 0.3) is 0 Å². The van der Waals surface area contributed by atoms with E-state index in [4.69, 9.17) is 27.9 Å². The van der Waals surface area contributed by atoms with E-state index < -0.39 is 0 Å². The molecule has 4 rings (SSSR count). The van der Waals surface area contributed by atoms with Gasteiger partial charge in [0.15, 0.2) is 0 Å². The fraction of sp³-hybridized carbons (Fsp3) is 0.417. The van der Waals surface area contributed by atoms with Crippen LogP contribution in [-0.4, -0.2) is 61.0 Å². The van der Waals surface area contributed by atoms with Crippen molar-refractivity contribution in [3.05, 3.63) is 63.6 Å². The molecule has 2 amide bonds. The number of likely N-dealkylation sites (tertiary alicyclic amines) is 1. The summed E-state index contributed by atoms with van der Waals surface area (Å²) in [5, 5.41) is 4.12. The Morgan fingerprint density at radius 1 is 0.969 bits per heavy atom. The lowest BCUT2D eigenvalue weighted by molar-refractivity contribution is -0.121. The molecule has 0 aromatic heterocycles. The third-order valence-corrected chi connectivity index (χ3v) is 6.80. The number of morpholine rings is 1. The molecule has 2 aromatic rings. The smallest absolute Gasteiger partial charge is 0.256 e. The van der Waals surface area contributed by atoms with E-state index in [0.717, 1.165) is 38.0 Å². The minimum absolute atomic E-state index is 0.0265. The summed E-state index contributed by atoms with van der Waals surface area (Å²) in [6.07, 6.45) is 1.54. The molecular formula is C24H27Cl2N3O3. The number of nitrogens with one attached hydrogen (secondary N) is 1. The van der Waals surface area contributed by atoms with E-state index in [2.05, 4.69) is 10.2 Å². The molecule has 2 saturated heterocycles. The Labute approximate surface area is 198 Å². The van der Waals surface area contributed by atoms with Gasteiger partial charge in [0.1, 0.15) is 0 Å². The van der Waals surface area contributed by atoms with Crippen molar-refractivity contribution in [2.45, 2.75) is 19.4 Å². The lowest BCUT2D eigenvalue weighted by Gasteiger charge is -2.31. The molecule has 2 heterocycles. The zero-order chi connectivity index (χ0) is 22.5. The van der Waals surface area contributed by atoms with Gasteiger partial charge in [0.05, 0.1) is 34.5 Å². The fourth-order valence-electron chi connectivity index (χ4n) is 4.20. The number of anilines is 1. The first-order chi connectivity index (χ1) is 15.5. The van der Waals surface area contributed by atoms with Crippen molar-refractivity contribution in [2.24, 2.45) is 5.92 Å². The number of para-hydroxylation sites is 1. The Balaban J connectivity index is 1.33. The van der Waals surface area contributed by atoms with Crippen LogP contribution < -0.4 is 5.32 Å². The van der Waals surface area contributed by atoms with E-state index in [-0.39, 0.29) is 17.7 Å². The van der Waals surface area contributed by atoms with E-state index in [1.807, 2.05) is 30.3 Å². The Bertz CT molecular complexity index is 971. The molecular weight excluding hydrogens is 449 g/mol. The molecule has 0 saturated carbocycles. The standard InChI is InChI=1S/C24H27Cl2N3O3/c25-20-6-5-17(15-21(20)26)16-28-9-7-18(8-10-28)23(30)27-22-4-2-1-3-19(22)24(31)29-11-13-32-14-12-29/h1-6,15,18H,7-14,16H2,(H,27,30). The van der Waals surface area contributed by atoms with Gasteiger partial charge in [-0.25, -0.2) is 0 Å². The van der Waals surface area contributed by atoms with Crippen molar-refractivity contribution in [2.75, 3.05) is 44.7 Å². The highest BCUT2D eigenvalue weighted by Crippen LogP contribution is 2.26. The summed E-state index contributed by atoms with van der Waals surface area (Å²) >= 11 is 12.1. The maximum atomic E-state index is 13.0. The highest BCUT2D eigenvalue weighted by molar-refractivity contribution is 6.42. The quantitative estimate of drug-likeness (QED) is 0.699. The molecule has 2 fully saturated rings. The van der Waals surface area contributed by atoms with Gasteiger partial charge in [-0.1, -0.05) is 41.4 Å². The van der Waals surface area contributed by atoms with Crippen molar-refractivity contribution in [3.63, 3.8) is 0 Å². The number of piperidine rings is 1. The van der Waals surface area contributed by atoms with Crippen molar-refractivity contribution >= 4 is 40.7 Å². The van der Waals surface area contributed by atoms with Crippen LogP contribution in [-0.2, 0) is 16.1 Å². The van der Waals surface area contributed by atoms with E-state index in [1.54, 1.807) is 17.0 Å². The average Bonchev–Trinajstić information content (AvgIpc) is 2.82. The highest BCUT2D eigenvalue weighted by Gasteiger charge is 2.27. The zero-order valence-electron chi connectivity index (χ0n) is 17.9. The summed E-state index contributed by atoms with van der Waals surface area (Å²) in [6.45, 7) is 4.65. The maximum absolute atomic E-state index is 13.0. The predicted molar refractivity (Wildman–Crippen MR) is 126 cm³/mol. The van der Waals surface area contributed by atoms with Gasteiger partial charge in [0, 0.05) is 25.6 Å². The van der Waals surface area contributed by atoms with Crippen molar-refractivity contribution in [3.8, 4) is 0 Å². The number of halogens is 2. The first-order valence-electron chi connectivity index (χ1n) is 10.9. The van der Waals surface area contributed by atoms with Gasteiger partial charge in [-0.15, -0.1) is 0 Å². The summed E-state index contributed by atoms with van der Waals surface area (Å²) in [5.74, 6) is -0.173. The third kappa shape index (κ3) is 5.62. The molecule has 2 aliphatic heterocycles. The number of hydrogen-bond acceptors (Lipinski definition) is 4. The second kappa shape index (κ2) is 10.7. The second-order valence-electron chi connectivity index (χ2n) is 8.24. The number of amides is 2. The van der Waals surface area contributed by atoms with Gasteiger partial charge in [0.2, 0.25) is 5.91 Å². The predicted octanol–water partition coefficient (Wildman–Crippen LogP) is 4.32. The Morgan fingerprint density at radius 3 is 2.41 bits per heavy atom. The molecule has 0 aliphatic carbocycles. The molecule has 8 heteroatoms. The van der Waals surface area contributed by atoms with Gasteiger partial charge in [-0.05, 0) is 55.8 Å². The number of rotatable bonds is 5. The van der Waals surface area contributed by atoms with Crippen LogP contribution in [0.15, 0.2) is 42.5 Å². The fourth-order valence-corrected chi connectivity index (χ4v) is 4.52. The average molecular weight is 476 g/mol. The van der Waals surface area contributed by atoms with Crippen LogP contribution in [0.3, 0.4) is 0 Å². The minimum Gasteiger partial charge on any atom is -0.378 e. The molecule has 0 radical (unpaired) electrons. The monoisotopic (exact) mass is 475 g/mol. The Kier molecular flexibility index (Phi) is 7.68. The molecule has 6 nitrogen and oxygen atoms in total. The minimum atomic E-state index is -0.0772. The Hall–Kier alpha value is -2.12. The van der Waals surface area contributed by atoms with Gasteiger partial charge < -0.3 is 15.0 Å². The normalized spacial score (nSPS) is 17.9. The lowest BCUT2D eigenvalue weighted by atomic mass is 9.95. The maximum Gasteiger partial charge on any atom is 0.256 e. The first-order valence-corrected chi connectivity index (χ1v) is 11.7. The number of carbonyl (C=O) groups excluding carboxylic acids is 2. The summed E-state index contributed by atoms with van der Waals surface area (Å²) in [7, 11) is 0. The molecule has 0 unspecified atom stereocenters. The molecule has 1 N–H and O–H groups in total. The highest BCUT2D eigenvalue weighted by atomic mass is 35.5. The van der Waals surface area contributed by atoms with E-state index in [0.29, 0.717) is 47.6 Å². The van der Waals surface area contributed by atoms with Crippen LogP contribution in [0.2, 0.25) is 10.0 Å². The number of carbonyl (C=O) groups is 2.